The smallest absolute Gasteiger partial charge is 0.234 e. The van der Waals surface area contributed by atoms with Gasteiger partial charge >= 0.3 is 0 Å². The van der Waals surface area contributed by atoms with Crippen molar-refractivity contribution in [2.45, 2.75) is 18.6 Å². The van der Waals surface area contributed by atoms with Gasteiger partial charge in [0.15, 0.2) is 10.9 Å². The summed E-state index contributed by atoms with van der Waals surface area (Å²) in [6.45, 7) is 2.74. The number of hydrogen-bond donors (Lipinski definition) is 1. The second kappa shape index (κ2) is 8.73. The molecule has 1 aromatic heterocycles. The maximum Gasteiger partial charge on any atom is 0.234 e. The Labute approximate surface area is 160 Å². The van der Waals surface area contributed by atoms with Gasteiger partial charge < -0.3 is 14.6 Å². The van der Waals surface area contributed by atoms with Gasteiger partial charge in [0.25, 0.3) is 0 Å². The van der Waals surface area contributed by atoms with Crippen LogP contribution in [0.15, 0.2) is 60.0 Å². The van der Waals surface area contributed by atoms with E-state index in [1.54, 1.807) is 24.5 Å². The molecule has 0 fully saturated rings. The van der Waals surface area contributed by atoms with Crippen molar-refractivity contribution in [1.82, 2.24) is 14.8 Å². The van der Waals surface area contributed by atoms with Crippen LogP contribution in [-0.2, 0) is 11.3 Å². The molecule has 0 bridgehead atoms. The van der Waals surface area contributed by atoms with Crippen molar-refractivity contribution < 1.29 is 9.53 Å². The third-order valence-corrected chi connectivity index (χ3v) is 4.66. The summed E-state index contributed by atoms with van der Waals surface area (Å²) in [6.07, 6.45) is 1.64. The lowest BCUT2D eigenvalue weighted by molar-refractivity contribution is -0.113. The molecule has 0 saturated heterocycles. The Morgan fingerprint density at radius 2 is 2.08 bits per heavy atom. The van der Waals surface area contributed by atoms with Crippen molar-refractivity contribution in [3.05, 3.63) is 59.9 Å². The fourth-order valence-corrected chi connectivity index (χ4v) is 3.15. The van der Waals surface area contributed by atoms with E-state index in [0.29, 0.717) is 27.4 Å². The number of carbonyl (C=O) groups is 1. The monoisotopic (exact) mass is 388 g/mol. The third kappa shape index (κ3) is 4.77. The van der Waals surface area contributed by atoms with Crippen molar-refractivity contribution in [2.24, 2.45) is 0 Å². The molecule has 8 heteroatoms. The Balaban J connectivity index is 1.68. The van der Waals surface area contributed by atoms with Crippen LogP contribution < -0.4 is 10.1 Å². The van der Waals surface area contributed by atoms with E-state index < -0.39 is 0 Å². The number of aromatic nitrogens is 3. The highest BCUT2D eigenvalue weighted by molar-refractivity contribution is 7.99. The summed E-state index contributed by atoms with van der Waals surface area (Å²) in [6, 6.07) is 14.5. The first kappa shape index (κ1) is 18.3. The van der Waals surface area contributed by atoms with Gasteiger partial charge in [-0.3, -0.25) is 4.79 Å². The van der Waals surface area contributed by atoms with Crippen LogP contribution in [0.4, 0.5) is 5.69 Å². The maximum atomic E-state index is 12.3. The van der Waals surface area contributed by atoms with E-state index in [9.17, 15) is 4.79 Å². The first-order valence-electron chi connectivity index (χ1n) is 7.98. The first-order valence-corrected chi connectivity index (χ1v) is 9.35. The maximum absolute atomic E-state index is 12.3. The predicted molar refractivity (Wildman–Crippen MR) is 103 cm³/mol. The van der Waals surface area contributed by atoms with E-state index in [1.165, 1.54) is 11.8 Å². The van der Waals surface area contributed by atoms with Crippen LogP contribution in [0.1, 0.15) is 6.92 Å². The van der Waals surface area contributed by atoms with E-state index in [4.69, 9.17) is 16.3 Å². The summed E-state index contributed by atoms with van der Waals surface area (Å²) in [5.74, 6) is 1.22. The molecule has 6 nitrogen and oxygen atoms in total. The number of nitrogens with zero attached hydrogens (tertiary/aromatic N) is 3. The van der Waals surface area contributed by atoms with Crippen LogP contribution in [0.25, 0.3) is 0 Å². The minimum absolute atomic E-state index is 0.180. The molecular formula is C18H17ClN4O2S. The highest BCUT2D eigenvalue weighted by Gasteiger charge is 2.12. The molecule has 3 aromatic rings. The summed E-state index contributed by atoms with van der Waals surface area (Å²) < 4.78 is 7.72. The summed E-state index contributed by atoms with van der Waals surface area (Å²) in [7, 11) is 0. The average molecular weight is 389 g/mol. The van der Waals surface area contributed by atoms with Gasteiger partial charge in [-0.05, 0) is 37.3 Å². The Bertz CT molecular complexity index is 886. The molecule has 0 unspecified atom stereocenters. The minimum atomic E-state index is -0.180. The fourth-order valence-electron chi connectivity index (χ4n) is 2.19. The number of carbonyl (C=O) groups excluding carboxylic acids is 1. The van der Waals surface area contributed by atoms with Crippen molar-refractivity contribution in [3.63, 3.8) is 0 Å². The van der Waals surface area contributed by atoms with Crippen LogP contribution in [0.2, 0.25) is 5.02 Å². The molecule has 0 aliphatic heterocycles. The van der Waals surface area contributed by atoms with Crippen molar-refractivity contribution in [2.75, 3.05) is 11.1 Å². The second-order valence-corrected chi connectivity index (χ2v) is 6.67. The molecule has 134 valence electrons. The van der Waals surface area contributed by atoms with Gasteiger partial charge in [0.1, 0.15) is 12.1 Å². The van der Waals surface area contributed by atoms with Gasteiger partial charge in [-0.2, -0.15) is 0 Å². The third-order valence-electron chi connectivity index (χ3n) is 3.44. The van der Waals surface area contributed by atoms with Gasteiger partial charge in [0, 0.05) is 11.6 Å². The lowest BCUT2D eigenvalue weighted by Crippen LogP contribution is -2.15. The van der Waals surface area contributed by atoms with Crippen molar-refractivity contribution in [1.29, 1.82) is 0 Å². The lowest BCUT2D eigenvalue weighted by Gasteiger charge is -2.12. The number of nitrogens with one attached hydrogen (secondary N) is 1. The number of anilines is 1. The van der Waals surface area contributed by atoms with E-state index in [2.05, 4.69) is 15.5 Å². The largest absolute Gasteiger partial charge is 0.455 e. The molecule has 0 aliphatic rings. The summed E-state index contributed by atoms with van der Waals surface area (Å²) in [4.78, 5) is 12.3. The Kier molecular flexibility index (Phi) is 6.14. The minimum Gasteiger partial charge on any atom is -0.455 e. The van der Waals surface area contributed by atoms with Crippen LogP contribution in [0.3, 0.4) is 0 Å². The number of halogens is 1. The summed E-state index contributed by atoms with van der Waals surface area (Å²) in [5.41, 5.74) is 0.518. The molecule has 1 heterocycles. The van der Waals surface area contributed by atoms with Crippen molar-refractivity contribution in [3.8, 4) is 11.5 Å². The zero-order chi connectivity index (χ0) is 18.4. The number of rotatable bonds is 7. The summed E-state index contributed by atoms with van der Waals surface area (Å²) >= 11 is 7.39. The second-order valence-electron chi connectivity index (χ2n) is 5.29. The molecule has 0 radical (unpaired) electrons. The fraction of sp³-hybridized carbons (Fsp3) is 0.167. The number of benzene rings is 2. The number of amides is 1. The van der Waals surface area contributed by atoms with E-state index in [0.717, 1.165) is 6.54 Å². The number of aryl methyl sites for hydroxylation is 1. The molecule has 1 amide bonds. The predicted octanol–water partition coefficient (Wildman–Crippen LogP) is 4.47. The molecule has 0 spiro atoms. The number of thioether (sulfide) groups is 1. The SMILES string of the molecule is CCn1cnnc1SCC(=O)Nc1cc(Cl)ccc1Oc1ccccc1. The standard InChI is InChI=1S/C18H17ClN4O2S/c1-2-23-12-20-22-18(23)26-11-17(24)21-15-10-13(19)8-9-16(15)25-14-6-4-3-5-7-14/h3-10,12H,2,11H2,1H3,(H,21,24). The van der Waals surface area contributed by atoms with Crippen LogP contribution in [0, 0.1) is 0 Å². The Hall–Kier alpha value is -2.51. The van der Waals surface area contributed by atoms with Gasteiger partial charge in [-0.1, -0.05) is 41.6 Å². The summed E-state index contributed by atoms with van der Waals surface area (Å²) in [5, 5.41) is 11.9. The Morgan fingerprint density at radius 1 is 1.27 bits per heavy atom. The highest BCUT2D eigenvalue weighted by atomic mass is 35.5. The molecule has 2 aromatic carbocycles. The molecule has 0 atom stereocenters. The van der Waals surface area contributed by atoms with Crippen LogP contribution in [-0.4, -0.2) is 26.4 Å². The van der Waals surface area contributed by atoms with E-state index in [1.807, 2.05) is 41.8 Å². The van der Waals surface area contributed by atoms with Gasteiger partial charge in [0.2, 0.25) is 5.91 Å². The molecule has 0 saturated carbocycles. The van der Waals surface area contributed by atoms with Gasteiger partial charge in [0.05, 0.1) is 11.4 Å². The quantitative estimate of drug-likeness (QED) is 0.604. The van der Waals surface area contributed by atoms with Gasteiger partial charge in [-0.25, -0.2) is 0 Å². The number of para-hydroxylation sites is 1. The highest BCUT2D eigenvalue weighted by Crippen LogP contribution is 2.32. The zero-order valence-electron chi connectivity index (χ0n) is 14.1. The topological polar surface area (TPSA) is 69.0 Å². The molecule has 26 heavy (non-hydrogen) atoms. The molecule has 1 N–H and O–H groups in total. The van der Waals surface area contributed by atoms with E-state index >= 15 is 0 Å². The first-order chi connectivity index (χ1) is 12.7. The average Bonchev–Trinajstić information content (AvgIpc) is 3.11. The van der Waals surface area contributed by atoms with Crippen molar-refractivity contribution >= 4 is 35.0 Å². The van der Waals surface area contributed by atoms with Gasteiger partial charge in [-0.15, -0.1) is 10.2 Å². The zero-order valence-corrected chi connectivity index (χ0v) is 15.6. The van der Waals surface area contributed by atoms with Crippen LogP contribution in [0.5, 0.6) is 11.5 Å². The molecular weight excluding hydrogens is 372 g/mol. The Morgan fingerprint density at radius 3 is 2.85 bits per heavy atom. The lowest BCUT2D eigenvalue weighted by atomic mass is 10.3. The van der Waals surface area contributed by atoms with E-state index in [-0.39, 0.29) is 11.7 Å². The number of hydrogen-bond acceptors (Lipinski definition) is 5. The normalized spacial score (nSPS) is 10.5. The molecule has 3 rings (SSSR count). The van der Waals surface area contributed by atoms with Crippen LogP contribution >= 0.6 is 23.4 Å². The number of ether oxygens (including phenoxy) is 1. The molecule has 0 aliphatic carbocycles.